The van der Waals surface area contributed by atoms with Crippen LogP contribution in [0.1, 0.15) is 63.9 Å². The van der Waals surface area contributed by atoms with Gasteiger partial charge in [-0.3, -0.25) is 0 Å². The Kier molecular flexibility index (Phi) is 8.18. The van der Waals surface area contributed by atoms with Crippen molar-refractivity contribution in [3.63, 3.8) is 0 Å². The molecular weight excluding hydrogens is 282 g/mol. The molecule has 0 spiro atoms. The van der Waals surface area contributed by atoms with Gasteiger partial charge in [0.25, 0.3) is 0 Å². The fraction of sp³-hybridized carbons (Fsp3) is 0.588. The Morgan fingerprint density at radius 2 is 1.50 bits per heavy atom. The Labute approximate surface area is 132 Å². The van der Waals surface area contributed by atoms with Crippen molar-refractivity contribution in [2.45, 2.75) is 58.3 Å². The van der Waals surface area contributed by atoms with Crippen LogP contribution in [0.5, 0.6) is 17.2 Å². The topological polar surface area (TPSA) is 82.3 Å². The van der Waals surface area contributed by atoms with Gasteiger partial charge in [-0.25, -0.2) is 0 Å². The highest BCUT2D eigenvalue weighted by Gasteiger charge is 2.12. The quantitative estimate of drug-likeness (QED) is 0.260. The van der Waals surface area contributed by atoms with Gasteiger partial charge in [0.15, 0.2) is 17.2 Å². The average Bonchev–Trinajstić information content (AvgIpc) is 2.50. The molecule has 22 heavy (non-hydrogen) atoms. The molecule has 1 aromatic carbocycles. The molecule has 0 saturated heterocycles. The van der Waals surface area contributed by atoms with Gasteiger partial charge in [-0.2, -0.15) is 0 Å². The molecule has 5 nitrogen and oxygen atoms in total. The summed E-state index contributed by atoms with van der Waals surface area (Å²) in [7, 11) is 1.46. The first kappa shape index (κ1) is 18.1. The average molecular weight is 309 g/mol. The normalized spacial score (nSPS) is 11.6. The van der Waals surface area contributed by atoms with Crippen molar-refractivity contribution in [3.8, 4) is 17.2 Å². The van der Waals surface area contributed by atoms with Crippen LogP contribution in [0.4, 0.5) is 0 Å². The van der Waals surface area contributed by atoms with Crippen molar-refractivity contribution in [2.24, 2.45) is 5.16 Å². The summed E-state index contributed by atoms with van der Waals surface area (Å²) in [5, 5.41) is 32.5. The molecule has 0 saturated carbocycles. The number of phenolic OH excluding ortho intramolecular Hbond substituents is 3. The number of nitrogens with zero attached hydrogens (tertiary/aromatic N) is 1. The molecule has 1 rings (SSSR count). The monoisotopic (exact) mass is 309 g/mol. The maximum Gasteiger partial charge on any atom is 0.200 e. The highest BCUT2D eigenvalue weighted by Crippen LogP contribution is 2.35. The Bertz CT molecular complexity index is 463. The van der Waals surface area contributed by atoms with Crippen molar-refractivity contribution in [1.82, 2.24) is 0 Å². The van der Waals surface area contributed by atoms with E-state index in [0.717, 1.165) is 12.8 Å². The Balaban J connectivity index is 2.55. The van der Waals surface area contributed by atoms with Gasteiger partial charge in [0.05, 0.1) is 5.71 Å². The van der Waals surface area contributed by atoms with E-state index in [0.29, 0.717) is 17.7 Å². The second kappa shape index (κ2) is 9.92. The molecule has 1 aromatic rings. The second-order valence-electron chi connectivity index (χ2n) is 5.45. The molecule has 0 unspecified atom stereocenters. The van der Waals surface area contributed by atoms with Crippen LogP contribution in [0, 0.1) is 0 Å². The molecule has 0 heterocycles. The van der Waals surface area contributed by atoms with Crippen molar-refractivity contribution in [1.29, 1.82) is 0 Å². The summed E-state index contributed by atoms with van der Waals surface area (Å²) in [6.07, 6.45) is 9.07. The van der Waals surface area contributed by atoms with Gasteiger partial charge < -0.3 is 20.2 Å². The molecule has 0 bridgehead atoms. The van der Waals surface area contributed by atoms with E-state index in [4.69, 9.17) is 4.84 Å². The van der Waals surface area contributed by atoms with E-state index >= 15 is 0 Å². The van der Waals surface area contributed by atoms with E-state index in [9.17, 15) is 15.3 Å². The molecule has 0 amide bonds. The number of rotatable bonds is 10. The fourth-order valence-electron chi connectivity index (χ4n) is 2.37. The Hall–Kier alpha value is -1.91. The van der Waals surface area contributed by atoms with E-state index < -0.39 is 5.75 Å². The predicted octanol–water partition coefficient (Wildman–Crippen LogP) is 4.29. The Morgan fingerprint density at radius 1 is 0.955 bits per heavy atom. The molecule has 0 aliphatic carbocycles. The zero-order valence-electron chi connectivity index (χ0n) is 13.5. The lowest BCUT2D eigenvalue weighted by Crippen LogP contribution is -2.02. The fourth-order valence-corrected chi connectivity index (χ4v) is 2.37. The van der Waals surface area contributed by atoms with Gasteiger partial charge in [-0.1, -0.05) is 50.6 Å². The minimum absolute atomic E-state index is 0.363. The SMILES string of the molecule is CCCCCCCCCC(=NOC)c1cc(O)c(O)c(O)c1. The summed E-state index contributed by atoms with van der Waals surface area (Å²) in [6, 6.07) is 2.77. The second-order valence-corrected chi connectivity index (χ2v) is 5.45. The molecule has 3 N–H and O–H groups in total. The molecule has 0 atom stereocenters. The summed E-state index contributed by atoms with van der Waals surface area (Å²) in [6.45, 7) is 2.20. The first-order valence-electron chi connectivity index (χ1n) is 7.95. The first-order chi connectivity index (χ1) is 10.6. The number of hydrogen-bond donors (Lipinski definition) is 3. The van der Waals surface area contributed by atoms with E-state index in [2.05, 4.69) is 12.1 Å². The number of unbranched alkanes of at least 4 members (excludes halogenated alkanes) is 6. The predicted molar refractivity (Wildman–Crippen MR) is 87.6 cm³/mol. The van der Waals surface area contributed by atoms with Crippen LogP contribution in [0.15, 0.2) is 17.3 Å². The van der Waals surface area contributed by atoms with E-state index in [1.54, 1.807) is 0 Å². The summed E-state index contributed by atoms with van der Waals surface area (Å²) in [5.74, 6) is -1.24. The summed E-state index contributed by atoms with van der Waals surface area (Å²) < 4.78 is 0. The first-order valence-corrected chi connectivity index (χ1v) is 7.95. The molecule has 0 fully saturated rings. The molecular formula is C17H27NO4. The third-order valence-electron chi connectivity index (χ3n) is 3.62. The van der Waals surface area contributed by atoms with Crippen molar-refractivity contribution in [3.05, 3.63) is 17.7 Å². The third kappa shape index (κ3) is 5.84. The largest absolute Gasteiger partial charge is 0.504 e. The molecule has 0 aromatic heterocycles. The molecule has 0 aliphatic heterocycles. The highest BCUT2D eigenvalue weighted by molar-refractivity contribution is 6.01. The van der Waals surface area contributed by atoms with Gasteiger partial charge in [0.1, 0.15) is 7.11 Å². The maximum absolute atomic E-state index is 9.58. The van der Waals surface area contributed by atoms with Gasteiger partial charge in [-0.05, 0) is 25.0 Å². The van der Waals surface area contributed by atoms with Crippen molar-refractivity contribution >= 4 is 5.71 Å². The summed E-state index contributed by atoms with van der Waals surface area (Å²) in [5.41, 5.74) is 1.21. The molecule has 5 heteroatoms. The van der Waals surface area contributed by atoms with Gasteiger partial charge in [0, 0.05) is 5.56 Å². The lowest BCUT2D eigenvalue weighted by molar-refractivity contribution is 0.212. The van der Waals surface area contributed by atoms with Gasteiger partial charge >= 0.3 is 0 Å². The van der Waals surface area contributed by atoms with E-state index in [-0.39, 0.29) is 11.5 Å². The number of hydrogen-bond acceptors (Lipinski definition) is 5. The Morgan fingerprint density at radius 3 is 2.05 bits per heavy atom. The lowest BCUT2D eigenvalue weighted by Gasteiger charge is -2.09. The van der Waals surface area contributed by atoms with Crippen LogP contribution in [0.25, 0.3) is 0 Å². The molecule has 0 aliphatic rings. The third-order valence-corrected chi connectivity index (χ3v) is 3.62. The summed E-state index contributed by atoms with van der Waals surface area (Å²) >= 11 is 0. The number of oxime groups is 1. The van der Waals surface area contributed by atoms with Crippen molar-refractivity contribution in [2.75, 3.05) is 7.11 Å². The zero-order valence-corrected chi connectivity index (χ0v) is 13.5. The van der Waals surface area contributed by atoms with Crippen LogP contribution < -0.4 is 0 Å². The summed E-state index contributed by atoms with van der Waals surface area (Å²) in [4.78, 5) is 4.84. The highest BCUT2D eigenvalue weighted by atomic mass is 16.6. The lowest BCUT2D eigenvalue weighted by atomic mass is 10.0. The minimum Gasteiger partial charge on any atom is -0.504 e. The van der Waals surface area contributed by atoms with Crippen LogP contribution in [-0.4, -0.2) is 28.1 Å². The van der Waals surface area contributed by atoms with E-state index in [1.807, 2.05) is 0 Å². The standard InChI is InChI=1S/C17H27NO4/c1-3-4-5-6-7-8-9-10-14(18-22-2)13-11-15(19)17(21)16(20)12-13/h11-12,19-21H,3-10H2,1-2H3. The van der Waals surface area contributed by atoms with Crippen LogP contribution >= 0.6 is 0 Å². The van der Waals surface area contributed by atoms with E-state index in [1.165, 1.54) is 51.3 Å². The molecule has 0 radical (unpaired) electrons. The van der Waals surface area contributed by atoms with Crippen molar-refractivity contribution < 1.29 is 20.2 Å². The van der Waals surface area contributed by atoms with Gasteiger partial charge in [-0.15, -0.1) is 0 Å². The number of benzene rings is 1. The smallest absolute Gasteiger partial charge is 0.200 e. The minimum atomic E-state index is -0.517. The van der Waals surface area contributed by atoms with Gasteiger partial charge in [0.2, 0.25) is 0 Å². The van der Waals surface area contributed by atoms with Crippen LogP contribution in [0.2, 0.25) is 0 Å². The van der Waals surface area contributed by atoms with Crippen LogP contribution in [0.3, 0.4) is 0 Å². The van der Waals surface area contributed by atoms with Crippen LogP contribution in [-0.2, 0) is 4.84 Å². The molecule has 124 valence electrons. The maximum atomic E-state index is 9.58. The number of phenols is 3. The zero-order chi connectivity index (χ0) is 16.4. The number of aromatic hydroxyl groups is 3.